The lowest BCUT2D eigenvalue weighted by atomic mass is 9.94. The lowest BCUT2D eigenvalue weighted by Crippen LogP contribution is -2.38. The fourth-order valence-corrected chi connectivity index (χ4v) is 5.26. The Hall–Kier alpha value is -3.03. The SMILES string of the molecule is CC1=C(C(=O)OCc2ccccc2)C(c2cccc(Cl)c2)N2C(CC(=O)NC3CC3)=CSC2=N1. The molecule has 2 aromatic rings. The number of nitrogens with one attached hydrogen (secondary N) is 1. The first-order valence-corrected chi connectivity index (χ1v) is 12.5. The Labute approximate surface area is 207 Å². The van der Waals surface area contributed by atoms with E-state index in [4.69, 9.17) is 21.3 Å². The van der Waals surface area contributed by atoms with Gasteiger partial charge in [-0.05, 0) is 48.4 Å². The average Bonchev–Trinajstić information content (AvgIpc) is 3.56. The summed E-state index contributed by atoms with van der Waals surface area (Å²) in [5.41, 5.74) is 3.58. The standard InChI is InChI=1S/C26H24ClN3O3S/c1-16-23(25(32)33-14-17-6-3-2-4-7-17)24(18-8-5-9-19(27)12-18)30-21(15-34-26(30)28-16)13-22(31)29-20-10-11-20/h2-9,12,15,20,24H,10-11,13-14H2,1H3,(H,29,31). The van der Waals surface area contributed by atoms with E-state index in [2.05, 4.69) is 5.32 Å². The van der Waals surface area contributed by atoms with Crippen LogP contribution >= 0.6 is 23.4 Å². The van der Waals surface area contributed by atoms with Crippen LogP contribution in [0.4, 0.5) is 0 Å². The number of carbonyl (C=O) groups is 2. The number of hydrogen-bond acceptors (Lipinski definition) is 6. The third kappa shape index (κ3) is 4.91. The first-order chi connectivity index (χ1) is 16.5. The summed E-state index contributed by atoms with van der Waals surface area (Å²) in [6.45, 7) is 1.98. The molecule has 2 aliphatic heterocycles. The number of amidine groups is 1. The molecule has 0 aromatic heterocycles. The molecule has 1 N–H and O–H groups in total. The third-order valence-electron chi connectivity index (χ3n) is 5.88. The van der Waals surface area contributed by atoms with E-state index >= 15 is 0 Å². The molecular formula is C26H24ClN3O3S. The van der Waals surface area contributed by atoms with Crippen molar-refractivity contribution in [1.82, 2.24) is 10.2 Å². The largest absolute Gasteiger partial charge is 0.457 e. The van der Waals surface area contributed by atoms with Crippen LogP contribution in [0.1, 0.15) is 43.4 Å². The second-order valence-corrected chi connectivity index (χ2v) is 9.80. The van der Waals surface area contributed by atoms with Crippen molar-refractivity contribution < 1.29 is 14.3 Å². The van der Waals surface area contributed by atoms with E-state index in [1.165, 1.54) is 11.8 Å². The van der Waals surface area contributed by atoms with Crippen molar-refractivity contribution in [2.24, 2.45) is 4.99 Å². The molecule has 3 aliphatic rings. The van der Waals surface area contributed by atoms with Crippen molar-refractivity contribution in [2.45, 2.75) is 44.9 Å². The van der Waals surface area contributed by atoms with Crippen molar-refractivity contribution in [3.05, 3.63) is 93.1 Å². The Kier molecular flexibility index (Phi) is 6.48. The van der Waals surface area contributed by atoms with Crippen LogP contribution in [0.25, 0.3) is 0 Å². The van der Waals surface area contributed by atoms with Gasteiger partial charge in [-0.2, -0.15) is 0 Å². The van der Waals surface area contributed by atoms with Gasteiger partial charge in [0.15, 0.2) is 5.17 Å². The van der Waals surface area contributed by atoms with E-state index in [1.54, 1.807) is 6.07 Å². The van der Waals surface area contributed by atoms with Gasteiger partial charge in [0.1, 0.15) is 6.61 Å². The number of aliphatic imine (C=N–C) groups is 1. The Morgan fingerprint density at radius 2 is 1.97 bits per heavy atom. The quantitative estimate of drug-likeness (QED) is 0.528. The van der Waals surface area contributed by atoms with Gasteiger partial charge in [0, 0.05) is 16.8 Å². The van der Waals surface area contributed by atoms with Gasteiger partial charge in [-0.1, -0.05) is 65.8 Å². The number of amides is 1. The van der Waals surface area contributed by atoms with Crippen LogP contribution in [0, 0.1) is 0 Å². The minimum Gasteiger partial charge on any atom is -0.457 e. The molecule has 6 nitrogen and oxygen atoms in total. The fourth-order valence-electron chi connectivity index (χ4n) is 4.09. The molecule has 8 heteroatoms. The van der Waals surface area contributed by atoms with Gasteiger partial charge in [-0.25, -0.2) is 9.79 Å². The van der Waals surface area contributed by atoms with Crippen molar-refractivity contribution in [1.29, 1.82) is 0 Å². The number of thioether (sulfide) groups is 1. The Morgan fingerprint density at radius 3 is 2.71 bits per heavy atom. The van der Waals surface area contributed by atoms with E-state index in [9.17, 15) is 9.59 Å². The molecule has 2 aromatic carbocycles. The van der Waals surface area contributed by atoms with Crippen LogP contribution in [0.3, 0.4) is 0 Å². The molecule has 174 valence electrons. The molecule has 0 saturated heterocycles. The average molecular weight is 494 g/mol. The number of halogens is 1. The molecule has 1 amide bonds. The molecule has 34 heavy (non-hydrogen) atoms. The zero-order valence-corrected chi connectivity index (χ0v) is 20.2. The zero-order chi connectivity index (χ0) is 23.7. The highest BCUT2D eigenvalue weighted by atomic mass is 35.5. The lowest BCUT2D eigenvalue weighted by Gasteiger charge is -2.36. The monoisotopic (exact) mass is 493 g/mol. The topological polar surface area (TPSA) is 71.0 Å². The van der Waals surface area contributed by atoms with Crippen molar-refractivity contribution in [3.63, 3.8) is 0 Å². The maximum Gasteiger partial charge on any atom is 0.338 e. The summed E-state index contributed by atoms with van der Waals surface area (Å²) >= 11 is 7.79. The number of allylic oxidation sites excluding steroid dienone is 1. The molecule has 1 saturated carbocycles. The minimum absolute atomic E-state index is 0.0278. The van der Waals surface area contributed by atoms with Gasteiger partial charge in [0.2, 0.25) is 5.91 Å². The summed E-state index contributed by atoms with van der Waals surface area (Å²) in [5, 5.41) is 6.28. The van der Waals surface area contributed by atoms with Crippen molar-refractivity contribution in [3.8, 4) is 0 Å². The summed E-state index contributed by atoms with van der Waals surface area (Å²) < 4.78 is 5.71. The third-order valence-corrected chi connectivity index (χ3v) is 7.01. The highest BCUT2D eigenvalue weighted by Crippen LogP contribution is 2.45. The summed E-state index contributed by atoms with van der Waals surface area (Å²) in [5.74, 6) is -0.465. The number of rotatable bonds is 7. The second kappa shape index (κ2) is 9.68. The smallest absolute Gasteiger partial charge is 0.338 e. The predicted octanol–water partition coefficient (Wildman–Crippen LogP) is 5.33. The molecule has 0 bridgehead atoms. The number of ether oxygens (including phenoxy) is 1. The van der Waals surface area contributed by atoms with Crippen LogP contribution < -0.4 is 5.32 Å². The number of fused-ring (bicyclic) bond motifs is 1. The molecular weight excluding hydrogens is 470 g/mol. The fraction of sp³-hybridized carbons (Fsp3) is 0.269. The Morgan fingerprint density at radius 1 is 1.18 bits per heavy atom. The first kappa shape index (κ1) is 22.7. The molecule has 1 unspecified atom stereocenters. The summed E-state index contributed by atoms with van der Waals surface area (Å²) in [6, 6.07) is 16.8. The predicted molar refractivity (Wildman–Crippen MR) is 134 cm³/mol. The maximum atomic E-state index is 13.4. The number of nitrogens with zero attached hydrogens (tertiary/aromatic N) is 2. The van der Waals surface area contributed by atoms with Gasteiger partial charge in [0.05, 0.1) is 23.7 Å². The summed E-state index contributed by atoms with van der Waals surface area (Å²) in [6.07, 6.45) is 2.27. The molecule has 1 atom stereocenters. The van der Waals surface area contributed by atoms with E-state index in [1.807, 2.05) is 65.8 Å². The van der Waals surface area contributed by atoms with Crippen molar-refractivity contribution >= 4 is 40.4 Å². The van der Waals surface area contributed by atoms with E-state index in [-0.39, 0.29) is 25.0 Å². The van der Waals surface area contributed by atoms with Crippen LogP contribution in [-0.2, 0) is 20.9 Å². The second-order valence-electron chi connectivity index (χ2n) is 8.53. The van der Waals surface area contributed by atoms with Gasteiger partial charge >= 0.3 is 5.97 Å². The number of benzene rings is 2. The maximum absolute atomic E-state index is 13.4. The van der Waals surface area contributed by atoms with Crippen LogP contribution in [0.15, 0.2) is 82.0 Å². The Balaban J connectivity index is 1.46. The van der Waals surface area contributed by atoms with Gasteiger partial charge in [-0.3, -0.25) is 4.79 Å². The highest BCUT2D eigenvalue weighted by Gasteiger charge is 2.41. The van der Waals surface area contributed by atoms with Gasteiger partial charge in [-0.15, -0.1) is 0 Å². The van der Waals surface area contributed by atoms with E-state index in [0.29, 0.717) is 16.3 Å². The van der Waals surface area contributed by atoms with E-state index in [0.717, 1.165) is 34.8 Å². The highest BCUT2D eigenvalue weighted by molar-refractivity contribution is 8.16. The minimum atomic E-state index is -0.496. The molecule has 1 aliphatic carbocycles. The lowest BCUT2D eigenvalue weighted by molar-refractivity contribution is -0.141. The number of carbonyl (C=O) groups excluding carboxylic acids is 2. The normalized spacial score (nSPS) is 19.4. The van der Waals surface area contributed by atoms with Crippen LogP contribution in [-0.4, -0.2) is 28.0 Å². The molecule has 5 rings (SSSR count). The summed E-state index contributed by atoms with van der Waals surface area (Å²) in [4.78, 5) is 32.7. The molecule has 0 radical (unpaired) electrons. The van der Waals surface area contributed by atoms with E-state index < -0.39 is 12.0 Å². The number of hydrogen-bond donors (Lipinski definition) is 1. The van der Waals surface area contributed by atoms with Crippen molar-refractivity contribution in [2.75, 3.05) is 0 Å². The number of esters is 1. The zero-order valence-electron chi connectivity index (χ0n) is 18.7. The summed E-state index contributed by atoms with van der Waals surface area (Å²) in [7, 11) is 0. The van der Waals surface area contributed by atoms with Gasteiger partial charge < -0.3 is 15.0 Å². The molecule has 0 spiro atoms. The molecule has 2 heterocycles. The van der Waals surface area contributed by atoms with Gasteiger partial charge in [0.25, 0.3) is 0 Å². The van der Waals surface area contributed by atoms with Crippen LogP contribution in [0.2, 0.25) is 5.02 Å². The first-order valence-electron chi connectivity index (χ1n) is 11.2. The van der Waals surface area contributed by atoms with Crippen LogP contribution in [0.5, 0.6) is 0 Å². The Bertz CT molecular complexity index is 1220. The molecule has 1 fully saturated rings.